The number of nitrogens with zero attached hydrogens (tertiary/aromatic N) is 4. The fourth-order valence-electron chi connectivity index (χ4n) is 12.4. The summed E-state index contributed by atoms with van der Waals surface area (Å²) in [4.78, 5) is 150. The first-order chi connectivity index (χ1) is 50.1. The minimum Gasteiger partial charge on any atom is -0.391 e. The van der Waals surface area contributed by atoms with Crippen molar-refractivity contribution >= 4 is 75.9 Å². The summed E-state index contributed by atoms with van der Waals surface area (Å²) < 4.78 is 27.7. The van der Waals surface area contributed by atoms with Gasteiger partial charge in [0.25, 0.3) is 0 Å². The largest absolute Gasteiger partial charge is 0.391 e. The van der Waals surface area contributed by atoms with Gasteiger partial charge in [0.15, 0.2) is 5.96 Å². The zero-order chi connectivity index (χ0) is 75.0. The van der Waals surface area contributed by atoms with Gasteiger partial charge < -0.3 is 115 Å². The summed E-state index contributed by atoms with van der Waals surface area (Å²) in [5.74, 6) is -3.27. The minimum atomic E-state index is -1.70. The number of hydrogen-bond donors (Lipinski definition) is 18. The summed E-state index contributed by atoms with van der Waals surface area (Å²) >= 11 is 0. The Balaban J connectivity index is 1.02. The second-order valence-corrected chi connectivity index (χ2v) is 26.0. The number of epoxide rings is 1. The van der Waals surface area contributed by atoms with Crippen LogP contribution in [0.5, 0.6) is 0 Å². The van der Waals surface area contributed by atoms with Crippen LogP contribution < -0.4 is 81.9 Å². The smallest absolute Gasteiger partial charge is 0.249 e. The number of carbonyl (C=O) groups is 10. The number of H-pyrrole nitrogens is 1. The van der Waals surface area contributed by atoms with Crippen LogP contribution in [0.3, 0.4) is 0 Å². The number of guanidine groups is 1. The van der Waals surface area contributed by atoms with E-state index < -0.39 is 138 Å². The van der Waals surface area contributed by atoms with Crippen LogP contribution >= 0.6 is 0 Å². The third-order valence-electron chi connectivity index (χ3n) is 18.0. The number of amides is 10. The Bertz CT molecular complexity index is 3370. The number of aromatic amines is 1. The van der Waals surface area contributed by atoms with Crippen LogP contribution in [0.1, 0.15) is 88.7 Å². The van der Waals surface area contributed by atoms with Crippen LogP contribution in [-0.4, -0.2) is 256 Å². The number of unbranched alkanes of at least 4 members (excludes halogenated alkanes) is 1. The van der Waals surface area contributed by atoms with Gasteiger partial charge in [-0.1, -0.05) is 73.5 Å². The molecule has 0 radical (unpaired) electrons. The molecule has 3 saturated heterocycles. The van der Waals surface area contributed by atoms with Crippen LogP contribution in [0.4, 0.5) is 0 Å². The molecule has 2 aromatic carbocycles. The number of aliphatic hydroxyl groups excluding tert-OH is 2. The Morgan fingerprint density at radius 2 is 1.43 bits per heavy atom. The fraction of sp³-hybridized carbons (Fsp3) is 0.627. The first-order valence-electron chi connectivity index (χ1n) is 35.3. The Morgan fingerprint density at radius 1 is 0.760 bits per heavy atom. The third kappa shape index (κ3) is 26.6. The van der Waals surface area contributed by atoms with Gasteiger partial charge in [0.1, 0.15) is 80.0 Å². The van der Waals surface area contributed by atoms with E-state index in [-0.39, 0.29) is 149 Å². The van der Waals surface area contributed by atoms with E-state index in [9.17, 15) is 53.4 Å². The van der Waals surface area contributed by atoms with E-state index in [0.717, 1.165) is 10.9 Å². The van der Waals surface area contributed by atoms with E-state index in [2.05, 4.69) is 73.5 Å². The molecule has 23 N–H and O–H groups in total. The number of carbonyl (C=O) groups excluding carboxylic acids is 10. The van der Waals surface area contributed by atoms with Crippen LogP contribution in [-0.2, 0) is 84.5 Å². The van der Waals surface area contributed by atoms with Crippen LogP contribution in [0.25, 0.3) is 10.9 Å². The van der Waals surface area contributed by atoms with E-state index >= 15 is 4.79 Å². The molecular formula is C67H104N20O17. The number of benzene rings is 2. The average Bonchev–Trinajstić information content (AvgIpc) is 1.56. The summed E-state index contributed by atoms with van der Waals surface area (Å²) in [6.45, 7) is 2.21. The molecule has 1 aromatic heterocycles. The van der Waals surface area contributed by atoms with Gasteiger partial charge >= 0.3 is 0 Å². The number of ether oxygens (including phenoxy) is 5. The summed E-state index contributed by atoms with van der Waals surface area (Å²) in [5, 5.41) is 56.4. The van der Waals surface area contributed by atoms with E-state index in [1.807, 2.05) is 31.2 Å². The predicted octanol–water partition coefficient (Wildman–Crippen LogP) is -5.31. The molecule has 37 heteroatoms. The minimum absolute atomic E-state index is 0.00595. The number of fused-ring (bicyclic) bond motifs is 4. The first-order valence-corrected chi connectivity index (χ1v) is 35.3. The van der Waals surface area contributed by atoms with Crippen molar-refractivity contribution in [3.8, 4) is 0 Å². The first kappa shape index (κ1) is 82.2. The van der Waals surface area contributed by atoms with Crippen molar-refractivity contribution in [1.29, 1.82) is 0 Å². The van der Waals surface area contributed by atoms with Crippen molar-refractivity contribution in [2.24, 2.45) is 50.0 Å². The average molecular weight is 1460 g/mol. The van der Waals surface area contributed by atoms with Crippen LogP contribution in [0.15, 0.2) is 76.1 Å². The molecule has 1 aliphatic carbocycles. The lowest BCUT2D eigenvalue weighted by molar-refractivity contribution is -0.144. The Kier molecular flexibility index (Phi) is 33.7. The van der Waals surface area contributed by atoms with Gasteiger partial charge in [0.05, 0.1) is 51.8 Å². The van der Waals surface area contributed by atoms with E-state index in [0.29, 0.717) is 49.9 Å². The number of aliphatic imine (C=N–C) groups is 1. The molecule has 574 valence electrons. The molecule has 0 bridgehead atoms. The second-order valence-electron chi connectivity index (χ2n) is 26.0. The molecule has 13 atom stereocenters. The van der Waals surface area contributed by atoms with Gasteiger partial charge in [-0.05, 0) is 81.0 Å². The third-order valence-corrected chi connectivity index (χ3v) is 18.0. The number of aromatic nitrogens is 1. The number of aliphatic hydroxyl groups is 2. The molecule has 4 heterocycles. The SMILES string of the molecule is CCCC[C@H](NC(=O)[C@H](CN)NC(=O)COCCOCCNC(=O)COCCOCCNC(O)CN=NN)C(=O)NC12CC1C[C@H]1OC1NCCCC[C@@H](C(N)=O)NC(=O)[C@H](Cc1c[nH]c3ccccc13)NC(=O)[C@H](CCCN=C(N)N)NC(=O)[C@@H](Cc1ccccc1)NC(=O)[C@@H]1C[C@@H](O)CN1C2=O. The number of primary amides is 1. The number of para-hydroxylation sites is 1. The monoisotopic (exact) mass is 1460 g/mol. The van der Waals surface area contributed by atoms with Crippen molar-refractivity contribution in [2.75, 3.05) is 98.7 Å². The van der Waals surface area contributed by atoms with Gasteiger partial charge in [0, 0.05) is 69.1 Å². The molecule has 3 aromatic rings. The maximum absolute atomic E-state index is 15.5. The normalized spacial score (nSPS) is 24.3. The van der Waals surface area contributed by atoms with Gasteiger partial charge in [-0.25, -0.2) is 0 Å². The standard InChI is InChI=1S/C67H104N20O17/c1-2-3-15-48(82-61(96)51(34-68)79-56(91)39-103-28-26-101-24-22-74-55(90)38-102-27-25-100-23-21-73-54(89)36-78-86-72)62(97)85-67-33-42(67)31-53-64(104-53)75-19-10-9-17-46(57(69)92)80-60(95)50(30-41-35-77-45-16-8-7-14-44(41)45)83-58(93)47(18-11-20-76-66(70)71)81-59(94)49(29-40-12-5-4-6-13-40)84-63(98)52-32-43(88)37-87(52)65(67)99/h4-8,12-14,16,35,42-43,46-54,64,73,75,77,88-89H,2-3,9-11,15,17-34,36-39,68H2,1H3,(H2,69,92)(H2,72,78)(H,74,90)(H,79,91)(H,80,95)(H,81,94)(H,82,96)(H,83,93)(H,84,98)(H,85,97)(H4,70,71,76)/t42?,43-,46+,47+,48+,49-,50+,51+,52+,53-,54?,64?,67?/m1/s1. The van der Waals surface area contributed by atoms with Crippen LogP contribution in [0.2, 0.25) is 0 Å². The number of nitrogens with one attached hydrogen (secondary N) is 11. The predicted molar refractivity (Wildman–Crippen MR) is 376 cm³/mol. The van der Waals surface area contributed by atoms with Crippen molar-refractivity contribution in [1.82, 2.24) is 63.1 Å². The van der Waals surface area contributed by atoms with Crippen molar-refractivity contribution < 1.29 is 81.8 Å². The van der Waals surface area contributed by atoms with Gasteiger partial charge in [0.2, 0.25) is 59.1 Å². The highest BCUT2D eigenvalue weighted by Crippen LogP contribution is 2.51. The number of nitrogens with two attached hydrogens (primary N) is 5. The quantitative estimate of drug-likeness (QED) is 0.00375. The van der Waals surface area contributed by atoms with Gasteiger partial charge in [-0.15, -0.1) is 0 Å². The Hall–Kier alpha value is -9.05. The zero-order valence-electron chi connectivity index (χ0n) is 58.7. The van der Waals surface area contributed by atoms with Gasteiger partial charge in [-0.2, -0.15) is 5.11 Å². The molecular weight excluding hydrogens is 1360 g/mol. The molecule has 1 saturated carbocycles. The molecule has 10 amide bonds. The highest BCUT2D eigenvalue weighted by atomic mass is 16.6. The lowest BCUT2D eigenvalue weighted by atomic mass is 10.0. The molecule has 0 spiro atoms. The van der Waals surface area contributed by atoms with Crippen LogP contribution in [0, 0.1) is 5.92 Å². The van der Waals surface area contributed by atoms with Gasteiger partial charge in [-0.3, -0.25) is 63.6 Å². The Morgan fingerprint density at radius 3 is 2.15 bits per heavy atom. The summed E-state index contributed by atoms with van der Waals surface area (Å²) in [7, 11) is 0. The number of hydrogen-bond acceptors (Lipinski definition) is 23. The highest BCUT2D eigenvalue weighted by Gasteiger charge is 2.66. The molecule has 3 aliphatic heterocycles. The van der Waals surface area contributed by atoms with E-state index in [1.54, 1.807) is 36.5 Å². The van der Waals surface area contributed by atoms with Crippen molar-refractivity contribution in [3.05, 3.63) is 71.9 Å². The molecule has 104 heavy (non-hydrogen) atoms. The summed E-state index contributed by atoms with van der Waals surface area (Å²) in [6, 6.07) is 6.72. The van der Waals surface area contributed by atoms with Crippen molar-refractivity contribution in [3.63, 3.8) is 0 Å². The van der Waals surface area contributed by atoms with E-state index in [1.165, 1.54) is 4.90 Å². The maximum Gasteiger partial charge on any atom is 0.249 e. The lowest BCUT2D eigenvalue weighted by Gasteiger charge is -2.32. The maximum atomic E-state index is 15.5. The fourth-order valence-corrected chi connectivity index (χ4v) is 12.4. The lowest BCUT2D eigenvalue weighted by Crippen LogP contribution is -2.61. The molecule has 4 fully saturated rings. The highest BCUT2D eigenvalue weighted by molar-refractivity contribution is 6.01. The summed E-state index contributed by atoms with van der Waals surface area (Å²) in [5.41, 5.74) is 23.5. The van der Waals surface area contributed by atoms with E-state index in [4.69, 9.17) is 52.5 Å². The molecule has 37 nitrogen and oxygen atoms in total. The summed E-state index contributed by atoms with van der Waals surface area (Å²) in [6.07, 6.45) is 0.672. The number of rotatable bonds is 37. The molecule has 7 rings (SSSR count). The van der Waals surface area contributed by atoms with Crippen molar-refractivity contribution in [2.45, 2.75) is 163 Å². The molecule has 4 unspecified atom stereocenters. The molecule has 4 aliphatic rings. The topological polar surface area (TPSA) is 567 Å². The Labute approximate surface area is 602 Å². The second kappa shape index (κ2) is 42.7. The zero-order valence-corrected chi connectivity index (χ0v) is 58.7.